The molecule has 0 bridgehead atoms. The maximum absolute atomic E-state index is 12.5. The first kappa shape index (κ1) is 20.4. The number of anilines is 2. The first-order valence-corrected chi connectivity index (χ1v) is 9.95. The van der Waals surface area contributed by atoms with Gasteiger partial charge in [0.1, 0.15) is 5.75 Å². The van der Waals surface area contributed by atoms with Crippen LogP contribution in [0.15, 0.2) is 72.8 Å². The largest absolute Gasteiger partial charge is 0.481 e. The van der Waals surface area contributed by atoms with Gasteiger partial charge >= 0.3 is 0 Å². The third-order valence-electron chi connectivity index (χ3n) is 4.58. The Morgan fingerprint density at radius 3 is 2.58 bits per heavy atom. The first-order chi connectivity index (χ1) is 15.0. The van der Waals surface area contributed by atoms with Crippen molar-refractivity contribution in [2.45, 2.75) is 13.0 Å². The number of rotatable bonds is 6. The Labute approximate surface area is 183 Å². The van der Waals surface area contributed by atoms with Gasteiger partial charge in [-0.05, 0) is 49.4 Å². The number of ether oxygens (including phenoxy) is 1. The average molecular weight is 435 g/mol. The van der Waals surface area contributed by atoms with Gasteiger partial charge in [0.25, 0.3) is 11.8 Å². The van der Waals surface area contributed by atoms with Crippen molar-refractivity contribution in [3.05, 3.63) is 83.4 Å². The lowest BCUT2D eigenvalue weighted by Crippen LogP contribution is -2.30. The van der Waals surface area contributed by atoms with Crippen LogP contribution in [-0.4, -0.2) is 28.1 Å². The van der Waals surface area contributed by atoms with E-state index in [-0.39, 0.29) is 11.8 Å². The summed E-state index contributed by atoms with van der Waals surface area (Å²) in [6.07, 6.45) is -0.706. The van der Waals surface area contributed by atoms with Gasteiger partial charge in [-0.15, -0.1) is 0 Å². The SMILES string of the molecule is CC(Oc1ccc2c(NC(=O)c3cccc(Cl)c3)n[nH]c2c1)C(=O)Nc1ccccc1. The van der Waals surface area contributed by atoms with Crippen molar-refractivity contribution in [2.75, 3.05) is 10.6 Å². The van der Waals surface area contributed by atoms with Crippen molar-refractivity contribution in [1.29, 1.82) is 0 Å². The highest BCUT2D eigenvalue weighted by Gasteiger charge is 2.16. The second kappa shape index (κ2) is 8.89. The molecule has 0 radical (unpaired) electrons. The summed E-state index contributed by atoms with van der Waals surface area (Å²) < 4.78 is 5.77. The molecule has 3 N–H and O–H groups in total. The van der Waals surface area contributed by atoms with Crippen molar-refractivity contribution in [2.24, 2.45) is 0 Å². The lowest BCUT2D eigenvalue weighted by atomic mass is 10.2. The molecule has 4 aromatic rings. The van der Waals surface area contributed by atoms with Crippen LogP contribution in [0.25, 0.3) is 10.9 Å². The number of benzene rings is 3. The molecule has 0 saturated carbocycles. The molecular weight excluding hydrogens is 416 g/mol. The zero-order chi connectivity index (χ0) is 21.8. The third-order valence-corrected chi connectivity index (χ3v) is 4.81. The molecule has 1 unspecified atom stereocenters. The van der Waals surface area contributed by atoms with E-state index < -0.39 is 6.10 Å². The summed E-state index contributed by atoms with van der Waals surface area (Å²) in [5.41, 5.74) is 1.79. The highest BCUT2D eigenvalue weighted by Crippen LogP contribution is 2.26. The lowest BCUT2D eigenvalue weighted by molar-refractivity contribution is -0.122. The summed E-state index contributed by atoms with van der Waals surface area (Å²) in [5, 5.41) is 13.8. The summed E-state index contributed by atoms with van der Waals surface area (Å²) in [7, 11) is 0. The van der Waals surface area contributed by atoms with Crippen molar-refractivity contribution < 1.29 is 14.3 Å². The molecule has 0 aliphatic heterocycles. The summed E-state index contributed by atoms with van der Waals surface area (Å²) in [6.45, 7) is 1.67. The summed E-state index contributed by atoms with van der Waals surface area (Å²) in [5.74, 6) is 0.314. The molecule has 156 valence electrons. The average Bonchev–Trinajstić information content (AvgIpc) is 3.16. The normalized spacial score (nSPS) is 11.7. The van der Waals surface area contributed by atoms with E-state index >= 15 is 0 Å². The van der Waals surface area contributed by atoms with Crippen LogP contribution in [0.4, 0.5) is 11.5 Å². The van der Waals surface area contributed by atoms with Gasteiger partial charge in [-0.1, -0.05) is 35.9 Å². The van der Waals surface area contributed by atoms with Crippen LogP contribution in [0, 0.1) is 0 Å². The number of aromatic nitrogens is 2. The molecule has 31 heavy (non-hydrogen) atoms. The molecule has 7 nitrogen and oxygen atoms in total. The number of hydrogen-bond acceptors (Lipinski definition) is 4. The minimum absolute atomic E-state index is 0.259. The number of carbonyl (C=O) groups is 2. The smallest absolute Gasteiger partial charge is 0.265 e. The highest BCUT2D eigenvalue weighted by atomic mass is 35.5. The van der Waals surface area contributed by atoms with Crippen LogP contribution >= 0.6 is 11.6 Å². The Hall–Kier alpha value is -3.84. The predicted molar refractivity (Wildman–Crippen MR) is 121 cm³/mol. The second-order valence-electron chi connectivity index (χ2n) is 6.86. The van der Waals surface area contributed by atoms with Crippen LogP contribution in [0.1, 0.15) is 17.3 Å². The number of amides is 2. The monoisotopic (exact) mass is 434 g/mol. The maximum Gasteiger partial charge on any atom is 0.265 e. The zero-order valence-electron chi connectivity index (χ0n) is 16.6. The Bertz CT molecular complexity index is 1240. The van der Waals surface area contributed by atoms with E-state index in [1.54, 1.807) is 61.5 Å². The fraction of sp³-hybridized carbons (Fsp3) is 0.0870. The van der Waals surface area contributed by atoms with Crippen molar-refractivity contribution in [1.82, 2.24) is 10.2 Å². The van der Waals surface area contributed by atoms with Crippen molar-refractivity contribution in [3.8, 4) is 5.75 Å². The molecule has 0 spiro atoms. The Morgan fingerprint density at radius 2 is 1.81 bits per heavy atom. The van der Waals surface area contributed by atoms with Crippen LogP contribution < -0.4 is 15.4 Å². The Kier molecular flexibility index (Phi) is 5.86. The minimum atomic E-state index is -0.706. The number of fused-ring (bicyclic) bond motifs is 1. The van der Waals surface area contributed by atoms with Gasteiger partial charge in [-0.25, -0.2) is 0 Å². The standard InChI is InChI=1S/C23H19ClN4O3/c1-14(22(29)25-17-8-3-2-4-9-17)31-18-10-11-19-20(13-18)27-28-21(19)26-23(30)15-6-5-7-16(24)12-15/h2-14H,1H3,(H,25,29)(H2,26,27,28,30). The molecule has 3 aromatic carbocycles. The molecule has 1 heterocycles. The van der Waals surface area contributed by atoms with Crippen molar-refractivity contribution in [3.63, 3.8) is 0 Å². The van der Waals surface area contributed by atoms with Gasteiger partial charge in [0.05, 0.1) is 5.52 Å². The van der Waals surface area contributed by atoms with Gasteiger partial charge in [-0.2, -0.15) is 5.10 Å². The van der Waals surface area contributed by atoms with E-state index in [1.165, 1.54) is 0 Å². The number of halogens is 1. The molecular formula is C23H19ClN4O3. The van der Waals surface area contributed by atoms with E-state index in [0.29, 0.717) is 38.7 Å². The van der Waals surface area contributed by atoms with Crippen LogP contribution in [-0.2, 0) is 4.79 Å². The second-order valence-corrected chi connectivity index (χ2v) is 7.30. The summed E-state index contributed by atoms with van der Waals surface area (Å²) in [4.78, 5) is 24.8. The molecule has 0 aliphatic carbocycles. The molecule has 0 aliphatic rings. The fourth-order valence-corrected chi connectivity index (χ4v) is 3.19. The highest BCUT2D eigenvalue weighted by molar-refractivity contribution is 6.31. The zero-order valence-corrected chi connectivity index (χ0v) is 17.3. The van der Waals surface area contributed by atoms with E-state index in [0.717, 1.165) is 0 Å². The quantitative estimate of drug-likeness (QED) is 0.403. The molecule has 0 fully saturated rings. The number of carbonyl (C=O) groups excluding carboxylic acids is 2. The van der Waals surface area contributed by atoms with Gasteiger partial charge in [0, 0.05) is 27.7 Å². The van der Waals surface area contributed by atoms with E-state index in [9.17, 15) is 9.59 Å². The van der Waals surface area contributed by atoms with E-state index in [2.05, 4.69) is 20.8 Å². The lowest BCUT2D eigenvalue weighted by Gasteiger charge is -2.14. The minimum Gasteiger partial charge on any atom is -0.481 e. The first-order valence-electron chi connectivity index (χ1n) is 9.57. The van der Waals surface area contributed by atoms with Gasteiger partial charge in [-0.3, -0.25) is 14.7 Å². The van der Waals surface area contributed by atoms with Gasteiger partial charge < -0.3 is 15.4 Å². The summed E-state index contributed by atoms with van der Waals surface area (Å²) >= 11 is 5.95. The molecule has 1 atom stereocenters. The molecule has 1 aromatic heterocycles. The third kappa shape index (κ3) is 4.84. The van der Waals surface area contributed by atoms with Gasteiger partial charge in [0.15, 0.2) is 11.9 Å². The van der Waals surface area contributed by atoms with E-state index in [4.69, 9.17) is 16.3 Å². The molecule has 0 saturated heterocycles. The number of hydrogen-bond donors (Lipinski definition) is 3. The number of H-pyrrole nitrogens is 1. The molecule has 2 amide bonds. The molecule has 8 heteroatoms. The van der Waals surface area contributed by atoms with Crippen LogP contribution in [0.2, 0.25) is 5.02 Å². The van der Waals surface area contributed by atoms with Crippen LogP contribution in [0.3, 0.4) is 0 Å². The number of para-hydroxylation sites is 1. The number of nitrogens with one attached hydrogen (secondary N) is 3. The predicted octanol–water partition coefficient (Wildman–Crippen LogP) is 4.87. The fourth-order valence-electron chi connectivity index (χ4n) is 3.00. The molecule has 4 rings (SSSR count). The Balaban J connectivity index is 1.44. The Morgan fingerprint density at radius 1 is 1.00 bits per heavy atom. The number of aromatic amines is 1. The van der Waals surface area contributed by atoms with Gasteiger partial charge in [0.2, 0.25) is 0 Å². The topological polar surface area (TPSA) is 96.1 Å². The number of nitrogens with zero attached hydrogens (tertiary/aromatic N) is 1. The van der Waals surface area contributed by atoms with E-state index in [1.807, 2.05) is 18.2 Å². The van der Waals surface area contributed by atoms with Crippen LogP contribution in [0.5, 0.6) is 5.75 Å². The summed E-state index contributed by atoms with van der Waals surface area (Å²) in [6, 6.07) is 21.0. The maximum atomic E-state index is 12.5. The van der Waals surface area contributed by atoms with Crippen molar-refractivity contribution >= 4 is 45.8 Å².